The van der Waals surface area contributed by atoms with Crippen molar-refractivity contribution in [2.75, 3.05) is 6.54 Å². The van der Waals surface area contributed by atoms with Crippen LogP contribution in [0.25, 0.3) is 0 Å². The minimum atomic E-state index is 0. The van der Waals surface area contributed by atoms with Gasteiger partial charge in [-0.1, -0.05) is 6.08 Å². The Hall–Kier alpha value is 0.219. The molecule has 0 aliphatic heterocycles. The zero-order valence-corrected chi connectivity index (χ0v) is 5.17. The second kappa shape index (κ2) is 8.88. The van der Waals surface area contributed by atoms with E-state index < -0.39 is 0 Å². The van der Waals surface area contributed by atoms with Crippen LogP contribution in [0.4, 0.5) is 0 Å². The van der Waals surface area contributed by atoms with Crippen molar-refractivity contribution < 1.29 is 0 Å². The van der Waals surface area contributed by atoms with E-state index in [2.05, 4.69) is 6.58 Å². The first-order valence-electron chi connectivity index (χ1n) is 1.22. The third-order valence-corrected chi connectivity index (χ3v) is 0.167. The van der Waals surface area contributed by atoms with Gasteiger partial charge in [-0.05, 0) is 0 Å². The molecule has 0 aliphatic rings. The van der Waals surface area contributed by atoms with E-state index in [1.165, 1.54) is 0 Å². The molecule has 2 heteroatoms. The van der Waals surface area contributed by atoms with Gasteiger partial charge < -0.3 is 5.73 Å². The fourth-order valence-corrected chi connectivity index (χ4v) is 0. The van der Waals surface area contributed by atoms with Gasteiger partial charge >= 0.3 is 17.1 Å². The van der Waals surface area contributed by atoms with Crippen molar-refractivity contribution in [3.05, 3.63) is 12.7 Å². The van der Waals surface area contributed by atoms with Crippen LogP contribution in [0.5, 0.6) is 0 Å². The van der Waals surface area contributed by atoms with Crippen LogP contribution < -0.4 is 5.73 Å². The topological polar surface area (TPSA) is 26.0 Å². The van der Waals surface area contributed by atoms with Crippen LogP contribution in [0.15, 0.2) is 12.7 Å². The van der Waals surface area contributed by atoms with Crippen molar-refractivity contribution in [1.29, 1.82) is 0 Å². The van der Waals surface area contributed by atoms with E-state index in [-0.39, 0.29) is 17.1 Å². The molecule has 0 atom stereocenters. The van der Waals surface area contributed by atoms with Gasteiger partial charge in [-0.25, -0.2) is 0 Å². The minimum absolute atomic E-state index is 0. The molecule has 0 amide bonds. The number of rotatable bonds is 1. The van der Waals surface area contributed by atoms with Gasteiger partial charge in [-0.2, -0.15) is 0 Å². The molecule has 0 aromatic carbocycles. The van der Waals surface area contributed by atoms with Gasteiger partial charge in [0.05, 0.1) is 0 Å². The van der Waals surface area contributed by atoms with Crippen molar-refractivity contribution >= 4 is 17.1 Å². The van der Waals surface area contributed by atoms with Gasteiger partial charge in [0.2, 0.25) is 0 Å². The third-order valence-electron chi connectivity index (χ3n) is 0.167. The zero-order chi connectivity index (χ0) is 3.41. The van der Waals surface area contributed by atoms with Gasteiger partial charge in [-0.15, -0.1) is 6.58 Å². The molecule has 0 saturated heterocycles. The van der Waals surface area contributed by atoms with Gasteiger partial charge in [-0.3, -0.25) is 0 Å². The van der Waals surface area contributed by atoms with Crippen LogP contribution in [0.1, 0.15) is 0 Å². The molecule has 0 aromatic heterocycles. The SMILES string of the molecule is C=CCN.[SeH2]. The molecule has 32 valence electrons. The van der Waals surface area contributed by atoms with Gasteiger partial charge in [0.15, 0.2) is 0 Å². The summed E-state index contributed by atoms with van der Waals surface area (Å²) in [6.45, 7) is 3.94. The Morgan fingerprint density at radius 1 is 1.80 bits per heavy atom. The van der Waals surface area contributed by atoms with Gasteiger partial charge in [0.1, 0.15) is 0 Å². The van der Waals surface area contributed by atoms with E-state index in [0.717, 1.165) is 0 Å². The van der Waals surface area contributed by atoms with Crippen molar-refractivity contribution in [2.24, 2.45) is 5.73 Å². The molecule has 0 rings (SSSR count). The van der Waals surface area contributed by atoms with Crippen molar-refractivity contribution in [2.45, 2.75) is 0 Å². The maximum absolute atomic E-state index is 4.91. The Morgan fingerprint density at radius 2 is 2.00 bits per heavy atom. The third kappa shape index (κ3) is 14.0. The van der Waals surface area contributed by atoms with Crippen LogP contribution in [-0.4, -0.2) is 23.6 Å². The molecule has 0 unspecified atom stereocenters. The van der Waals surface area contributed by atoms with Crippen LogP contribution in [0.2, 0.25) is 0 Å². The van der Waals surface area contributed by atoms with E-state index in [9.17, 15) is 0 Å². The van der Waals surface area contributed by atoms with Crippen molar-refractivity contribution in [3.8, 4) is 0 Å². The molecule has 1 nitrogen and oxygen atoms in total. The van der Waals surface area contributed by atoms with Gasteiger partial charge in [0, 0.05) is 6.54 Å². The number of hydrogen-bond acceptors (Lipinski definition) is 1. The first-order valence-corrected chi connectivity index (χ1v) is 1.22. The van der Waals surface area contributed by atoms with E-state index in [4.69, 9.17) is 5.73 Å². The standard InChI is InChI=1S/C3H7N.H2Se/c1-2-3-4;/h2H,1,3-4H2;1H2. The number of hydrogen-bond donors (Lipinski definition) is 1. The molecule has 0 saturated carbocycles. The van der Waals surface area contributed by atoms with Crippen LogP contribution >= 0.6 is 0 Å². The first-order chi connectivity index (χ1) is 1.91. The second-order valence-electron chi connectivity index (χ2n) is 0.524. The molecule has 0 heterocycles. The Balaban J connectivity index is 0. The summed E-state index contributed by atoms with van der Waals surface area (Å²) in [5.74, 6) is 0. The average Bonchev–Trinajstić information content (AvgIpc) is 1.37. The Kier molecular flexibility index (Phi) is 15.9. The normalized spacial score (nSPS) is 5.00. The molecule has 0 spiro atoms. The summed E-state index contributed by atoms with van der Waals surface area (Å²) in [5, 5.41) is 0. The van der Waals surface area contributed by atoms with E-state index in [1.807, 2.05) is 0 Å². The predicted octanol–water partition coefficient (Wildman–Crippen LogP) is -0.785. The van der Waals surface area contributed by atoms with E-state index in [0.29, 0.717) is 6.54 Å². The first kappa shape index (κ1) is 8.97. The summed E-state index contributed by atoms with van der Waals surface area (Å²) in [4.78, 5) is 0. The fourth-order valence-electron chi connectivity index (χ4n) is 0. The Labute approximate surface area is 42.7 Å². The second-order valence-corrected chi connectivity index (χ2v) is 0.524. The Morgan fingerprint density at radius 3 is 2.00 bits per heavy atom. The molecular formula is C3H9NSe. The quantitative estimate of drug-likeness (QED) is 0.373. The van der Waals surface area contributed by atoms with Crippen LogP contribution in [0.3, 0.4) is 0 Å². The molecule has 0 aromatic rings. The summed E-state index contributed by atoms with van der Waals surface area (Å²) in [6.07, 6.45) is 1.65. The van der Waals surface area contributed by atoms with Crippen molar-refractivity contribution in [3.63, 3.8) is 0 Å². The predicted molar refractivity (Wildman–Crippen MR) is 27.8 cm³/mol. The molecule has 5 heavy (non-hydrogen) atoms. The van der Waals surface area contributed by atoms with Crippen LogP contribution in [0, 0.1) is 0 Å². The summed E-state index contributed by atoms with van der Waals surface area (Å²) in [5.41, 5.74) is 4.91. The molecule has 0 radical (unpaired) electrons. The fraction of sp³-hybridized carbons (Fsp3) is 0.333. The Bertz CT molecular complexity index is 20.9. The maximum atomic E-state index is 4.91. The summed E-state index contributed by atoms with van der Waals surface area (Å²) in [6, 6.07) is 0. The number of nitrogens with two attached hydrogens (primary N) is 1. The van der Waals surface area contributed by atoms with Crippen LogP contribution in [-0.2, 0) is 0 Å². The van der Waals surface area contributed by atoms with Crippen molar-refractivity contribution in [1.82, 2.24) is 0 Å². The molecular weight excluding hydrogens is 129 g/mol. The van der Waals surface area contributed by atoms with E-state index >= 15 is 0 Å². The zero-order valence-electron chi connectivity index (χ0n) is 3.07. The average molecular weight is 138 g/mol. The van der Waals surface area contributed by atoms with Gasteiger partial charge in [0.25, 0.3) is 0 Å². The summed E-state index contributed by atoms with van der Waals surface area (Å²) >= 11 is 0. The molecule has 2 N–H and O–H groups in total. The monoisotopic (exact) mass is 139 g/mol. The molecule has 0 bridgehead atoms. The summed E-state index contributed by atoms with van der Waals surface area (Å²) in [7, 11) is 0. The summed E-state index contributed by atoms with van der Waals surface area (Å²) < 4.78 is 0. The van der Waals surface area contributed by atoms with E-state index in [1.54, 1.807) is 6.08 Å². The molecule has 0 fully saturated rings. The molecule has 0 aliphatic carbocycles.